The smallest absolute Gasteiger partial charge is 0.414 e. The van der Waals surface area contributed by atoms with Crippen molar-refractivity contribution >= 4 is 28.5 Å². The average Bonchev–Trinajstić information content (AvgIpc) is 2.93. The highest BCUT2D eigenvalue weighted by atomic mass is 16.6. The Labute approximate surface area is 144 Å². The third-order valence-electron chi connectivity index (χ3n) is 3.72. The first-order valence-corrected chi connectivity index (χ1v) is 7.73. The molecule has 0 aliphatic carbocycles. The molecule has 128 valence electrons. The Hall–Kier alpha value is -3.28. The van der Waals surface area contributed by atoms with E-state index in [0.717, 1.165) is 16.4 Å². The van der Waals surface area contributed by atoms with Crippen molar-refractivity contribution in [1.29, 1.82) is 0 Å². The van der Waals surface area contributed by atoms with Gasteiger partial charge in [0.2, 0.25) is 0 Å². The number of nitrogens with zero attached hydrogens (tertiary/aromatic N) is 2. The highest BCUT2D eigenvalue weighted by Crippen LogP contribution is 2.30. The molecule has 0 spiro atoms. The number of pyridine rings is 1. The van der Waals surface area contributed by atoms with Gasteiger partial charge in [-0.1, -0.05) is 18.7 Å². The molecule has 1 aromatic carbocycles. The fourth-order valence-electron chi connectivity index (χ4n) is 2.59. The van der Waals surface area contributed by atoms with Crippen LogP contribution in [0.15, 0.2) is 55.3 Å². The summed E-state index contributed by atoms with van der Waals surface area (Å²) in [5, 5.41) is 0.727. The second-order valence-electron chi connectivity index (χ2n) is 5.66. The lowest BCUT2D eigenvalue weighted by atomic mass is 10.1. The van der Waals surface area contributed by atoms with E-state index in [0.29, 0.717) is 11.3 Å². The number of fused-ring (bicyclic) bond motifs is 3. The molecule has 0 fully saturated rings. The fraction of sp³-hybridized carbons (Fsp3) is 0.158. The summed E-state index contributed by atoms with van der Waals surface area (Å²) in [4.78, 5) is 25.6. The van der Waals surface area contributed by atoms with Crippen molar-refractivity contribution in [3.8, 4) is 5.75 Å². The molecule has 0 N–H and O–H groups in total. The Morgan fingerprint density at radius 2 is 2.00 bits per heavy atom. The molecule has 6 nitrogen and oxygen atoms in total. The topological polar surface area (TPSA) is 60.2 Å². The van der Waals surface area contributed by atoms with Crippen LogP contribution in [0.1, 0.15) is 10.4 Å². The zero-order valence-electron chi connectivity index (χ0n) is 14.1. The summed E-state index contributed by atoms with van der Waals surface area (Å²) in [7, 11) is 3.22. The molecule has 3 aromatic rings. The van der Waals surface area contributed by atoms with Crippen molar-refractivity contribution in [1.82, 2.24) is 9.30 Å². The van der Waals surface area contributed by atoms with Gasteiger partial charge in [0.15, 0.2) is 0 Å². The number of hydrogen-bond acceptors (Lipinski definition) is 4. The largest absolute Gasteiger partial charge is 0.458 e. The van der Waals surface area contributed by atoms with Crippen molar-refractivity contribution < 1.29 is 19.1 Å². The van der Waals surface area contributed by atoms with E-state index in [-0.39, 0.29) is 6.61 Å². The van der Waals surface area contributed by atoms with Crippen LogP contribution in [0.2, 0.25) is 0 Å². The molecule has 0 bridgehead atoms. The molecule has 0 saturated carbocycles. The molecule has 1 amide bonds. The van der Waals surface area contributed by atoms with Gasteiger partial charge in [-0.05, 0) is 24.3 Å². The average molecular weight is 338 g/mol. The molecule has 25 heavy (non-hydrogen) atoms. The number of carbonyl (C=O) groups is 2. The highest BCUT2D eigenvalue weighted by Gasteiger charge is 2.20. The normalized spacial score (nSPS) is 10.6. The van der Waals surface area contributed by atoms with Gasteiger partial charge in [0, 0.05) is 31.7 Å². The van der Waals surface area contributed by atoms with E-state index in [1.807, 2.05) is 28.8 Å². The number of ether oxygens (including phenoxy) is 2. The highest BCUT2D eigenvalue weighted by molar-refractivity contribution is 6.12. The van der Waals surface area contributed by atoms with E-state index < -0.39 is 12.1 Å². The Kier molecular flexibility index (Phi) is 4.43. The van der Waals surface area contributed by atoms with Crippen LogP contribution in [0.25, 0.3) is 16.4 Å². The van der Waals surface area contributed by atoms with E-state index in [9.17, 15) is 9.59 Å². The van der Waals surface area contributed by atoms with Gasteiger partial charge in [-0.25, -0.2) is 9.59 Å². The molecule has 3 rings (SSSR count). The van der Waals surface area contributed by atoms with Crippen molar-refractivity contribution in [3.05, 3.63) is 60.8 Å². The number of esters is 1. The molecule has 0 aliphatic rings. The predicted molar refractivity (Wildman–Crippen MR) is 95.1 cm³/mol. The third kappa shape index (κ3) is 3.06. The van der Waals surface area contributed by atoms with Crippen LogP contribution in [-0.4, -0.2) is 42.1 Å². The molecule has 0 saturated heterocycles. The van der Waals surface area contributed by atoms with Gasteiger partial charge in [-0.2, -0.15) is 0 Å². The van der Waals surface area contributed by atoms with E-state index in [4.69, 9.17) is 9.47 Å². The monoisotopic (exact) mass is 338 g/mol. The first-order chi connectivity index (χ1) is 12.0. The molecular formula is C19H18N2O4. The van der Waals surface area contributed by atoms with Gasteiger partial charge in [0.25, 0.3) is 0 Å². The van der Waals surface area contributed by atoms with Gasteiger partial charge in [0.05, 0.1) is 16.6 Å². The van der Waals surface area contributed by atoms with Gasteiger partial charge in [0.1, 0.15) is 12.4 Å². The lowest BCUT2D eigenvalue weighted by Crippen LogP contribution is -2.25. The number of hydrogen-bond donors (Lipinski definition) is 0. The van der Waals surface area contributed by atoms with Gasteiger partial charge < -0.3 is 18.8 Å². The lowest BCUT2D eigenvalue weighted by Gasteiger charge is -2.10. The number of rotatable bonds is 4. The second kappa shape index (κ2) is 6.68. The SMILES string of the molecule is C=CCOC(=O)c1c2ccc(OC(=O)N(C)C)cc2n2ccccc12. The lowest BCUT2D eigenvalue weighted by molar-refractivity contribution is 0.0554. The zero-order chi connectivity index (χ0) is 18.0. The summed E-state index contributed by atoms with van der Waals surface area (Å²) >= 11 is 0. The van der Waals surface area contributed by atoms with Crippen molar-refractivity contribution in [2.45, 2.75) is 0 Å². The predicted octanol–water partition coefficient (Wildman–Crippen LogP) is 3.50. The molecule has 2 aromatic heterocycles. The minimum atomic E-state index is -0.467. The second-order valence-corrected chi connectivity index (χ2v) is 5.66. The van der Waals surface area contributed by atoms with Crippen LogP contribution in [-0.2, 0) is 4.74 Å². The Balaban J connectivity index is 2.14. The Morgan fingerprint density at radius 1 is 1.20 bits per heavy atom. The molecular weight excluding hydrogens is 320 g/mol. The molecule has 6 heteroatoms. The summed E-state index contributed by atoms with van der Waals surface area (Å²) in [6, 6.07) is 10.7. The van der Waals surface area contributed by atoms with E-state index in [1.54, 1.807) is 32.3 Å². The minimum absolute atomic E-state index is 0.142. The standard InChI is InChI=1S/C19H18N2O4/c1-4-11-24-18(22)17-14-9-8-13(25-19(23)20(2)3)12-16(14)21-10-6-5-7-15(17)21/h4-10,12H,1,11H2,2-3H3. The quantitative estimate of drug-likeness (QED) is 0.540. The summed E-state index contributed by atoms with van der Waals surface area (Å²) < 4.78 is 12.4. The van der Waals surface area contributed by atoms with Crippen LogP contribution in [0.4, 0.5) is 4.79 Å². The maximum absolute atomic E-state index is 12.5. The zero-order valence-corrected chi connectivity index (χ0v) is 14.1. The minimum Gasteiger partial charge on any atom is -0.458 e. The maximum Gasteiger partial charge on any atom is 0.414 e. The van der Waals surface area contributed by atoms with Crippen LogP contribution in [0.5, 0.6) is 5.75 Å². The summed E-state index contributed by atoms with van der Waals surface area (Å²) in [5.41, 5.74) is 1.95. The van der Waals surface area contributed by atoms with Gasteiger partial charge in [-0.15, -0.1) is 0 Å². The number of aromatic nitrogens is 1. The summed E-state index contributed by atoms with van der Waals surface area (Å²) in [6.45, 7) is 3.70. The van der Waals surface area contributed by atoms with E-state index in [2.05, 4.69) is 6.58 Å². The summed E-state index contributed by atoms with van der Waals surface area (Å²) in [6.07, 6.45) is 2.90. The van der Waals surface area contributed by atoms with E-state index in [1.165, 1.54) is 11.0 Å². The summed E-state index contributed by atoms with van der Waals surface area (Å²) in [5.74, 6) is -0.0166. The van der Waals surface area contributed by atoms with Crippen molar-refractivity contribution in [2.24, 2.45) is 0 Å². The molecule has 0 atom stereocenters. The first kappa shape index (κ1) is 16.6. The van der Waals surface area contributed by atoms with Crippen molar-refractivity contribution in [2.75, 3.05) is 20.7 Å². The van der Waals surface area contributed by atoms with Crippen LogP contribution in [0.3, 0.4) is 0 Å². The Morgan fingerprint density at radius 3 is 2.72 bits per heavy atom. The first-order valence-electron chi connectivity index (χ1n) is 7.73. The van der Waals surface area contributed by atoms with Gasteiger partial charge in [-0.3, -0.25) is 0 Å². The van der Waals surface area contributed by atoms with Crippen LogP contribution < -0.4 is 4.74 Å². The molecule has 0 unspecified atom stereocenters. The van der Waals surface area contributed by atoms with E-state index >= 15 is 0 Å². The van der Waals surface area contributed by atoms with Gasteiger partial charge >= 0.3 is 12.1 Å². The Bertz CT molecular complexity index is 972. The van der Waals surface area contributed by atoms with Crippen LogP contribution in [0, 0.1) is 0 Å². The molecule has 2 heterocycles. The fourth-order valence-corrected chi connectivity index (χ4v) is 2.59. The number of amides is 1. The molecule has 0 radical (unpaired) electrons. The maximum atomic E-state index is 12.5. The van der Waals surface area contributed by atoms with Crippen LogP contribution >= 0.6 is 0 Å². The third-order valence-corrected chi connectivity index (χ3v) is 3.72. The number of carbonyl (C=O) groups excluding carboxylic acids is 2. The number of benzene rings is 1. The molecule has 0 aliphatic heterocycles. The van der Waals surface area contributed by atoms with Crippen molar-refractivity contribution in [3.63, 3.8) is 0 Å².